The SMILES string of the molecule is CNCc1nc(-c2ccc(Br)cc2)c(C)[nH]1. The number of aryl methyl sites for hydroxylation is 1. The molecule has 2 N–H and O–H groups in total. The summed E-state index contributed by atoms with van der Waals surface area (Å²) < 4.78 is 1.08. The highest BCUT2D eigenvalue weighted by Gasteiger charge is 2.07. The largest absolute Gasteiger partial charge is 0.344 e. The minimum Gasteiger partial charge on any atom is -0.344 e. The summed E-state index contributed by atoms with van der Waals surface area (Å²) in [5, 5.41) is 3.08. The maximum atomic E-state index is 4.57. The number of benzene rings is 1. The third kappa shape index (κ3) is 2.33. The predicted octanol–water partition coefficient (Wildman–Crippen LogP) is 2.87. The third-order valence-electron chi connectivity index (χ3n) is 2.40. The molecule has 3 nitrogen and oxygen atoms in total. The Morgan fingerprint density at radius 2 is 2.00 bits per heavy atom. The van der Waals surface area contributed by atoms with E-state index in [9.17, 15) is 0 Å². The first-order chi connectivity index (χ1) is 7.70. The van der Waals surface area contributed by atoms with Crippen molar-refractivity contribution in [1.29, 1.82) is 0 Å². The van der Waals surface area contributed by atoms with Crippen molar-refractivity contribution in [2.75, 3.05) is 7.05 Å². The lowest BCUT2D eigenvalue weighted by Crippen LogP contribution is -2.06. The van der Waals surface area contributed by atoms with Crippen LogP contribution >= 0.6 is 15.9 Å². The van der Waals surface area contributed by atoms with Gasteiger partial charge in [0, 0.05) is 15.7 Å². The Balaban J connectivity index is 2.36. The molecule has 1 heterocycles. The average Bonchev–Trinajstić information content (AvgIpc) is 2.61. The molecule has 0 aliphatic carbocycles. The second kappa shape index (κ2) is 4.80. The van der Waals surface area contributed by atoms with Gasteiger partial charge in [-0.1, -0.05) is 28.1 Å². The Hall–Kier alpha value is -1.13. The van der Waals surface area contributed by atoms with Gasteiger partial charge in [-0.05, 0) is 26.1 Å². The predicted molar refractivity (Wildman–Crippen MR) is 69.2 cm³/mol. The number of nitrogens with one attached hydrogen (secondary N) is 2. The number of nitrogens with zero attached hydrogens (tertiary/aromatic N) is 1. The molecule has 0 spiro atoms. The van der Waals surface area contributed by atoms with Crippen LogP contribution in [0.3, 0.4) is 0 Å². The van der Waals surface area contributed by atoms with Crippen molar-refractivity contribution in [2.45, 2.75) is 13.5 Å². The van der Waals surface area contributed by atoms with E-state index >= 15 is 0 Å². The first-order valence-electron chi connectivity index (χ1n) is 5.16. The van der Waals surface area contributed by atoms with Crippen LogP contribution in [-0.2, 0) is 6.54 Å². The fraction of sp³-hybridized carbons (Fsp3) is 0.250. The molecule has 1 aromatic heterocycles. The average molecular weight is 280 g/mol. The van der Waals surface area contributed by atoms with Gasteiger partial charge in [-0.25, -0.2) is 4.98 Å². The van der Waals surface area contributed by atoms with Crippen LogP contribution in [0.2, 0.25) is 0 Å². The van der Waals surface area contributed by atoms with Gasteiger partial charge in [0.25, 0.3) is 0 Å². The minimum absolute atomic E-state index is 0.761. The Labute approximate surface area is 103 Å². The third-order valence-corrected chi connectivity index (χ3v) is 2.92. The highest BCUT2D eigenvalue weighted by atomic mass is 79.9. The quantitative estimate of drug-likeness (QED) is 0.907. The number of hydrogen-bond donors (Lipinski definition) is 2. The molecule has 1 aromatic carbocycles. The van der Waals surface area contributed by atoms with E-state index in [0.29, 0.717) is 0 Å². The van der Waals surface area contributed by atoms with Crippen LogP contribution in [0.25, 0.3) is 11.3 Å². The smallest absolute Gasteiger partial charge is 0.121 e. The standard InChI is InChI=1S/C12H14BrN3/c1-8-12(16-11(15-8)7-14-2)9-3-5-10(13)6-4-9/h3-6,14H,7H2,1-2H3,(H,15,16). The summed E-state index contributed by atoms with van der Waals surface area (Å²) in [6.45, 7) is 2.81. The molecule has 0 saturated heterocycles. The van der Waals surface area contributed by atoms with Gasteiger partial charge in [0.05, 0.1) is 12.2 Å². The molecule has 0 aliphatic rings. The zero-order valence-corrected chi connectivity index (χ0v) is 10.9. The minimum atomic E-state index is 0.761. The van der Waals surface area contributed by atoms with Crippen LogP contribution in [0.1, 0.15) is 11.5 Å². The molecule has 0 fully saturated rings. The van der Waals surface area contributed by atoms with Crippen molar-refractivity contribution in [3.63, 3.8) is 0 Å². The first-order valence-corrected chi connectivity index (χ1v) is 5.96. The molecule has 16 heavy (non-hydrogen) atoms. The van der Waals surface area contributed by atoms with Crippen molar-refractivity contribution in [3.8, 4) is 11.3 Å². The van der Waals surface area contributed by atoms with E-state index in [1.54, 1.807) is 0 Å². The zero-order chi connectivity index (χ0) is 11.5. The van der Waals surface area contributed by atoms with E-state index in [2.05, 4.69) is 43.3 Å². The summed E-state index contributed by atoms with van der Waals surface area (Å²) in [6.07, 6.45) is 0. The fourth-order valence-corrected chi connectivity index (χ4v) is 1.93. The summed E-state index contributed by atoms with van der Waals surface area (Å²) in [6, 6.07) is 8.19. The molecule has 0 unspecified atom stereocenters. The number of H-pyrrole nitrogens is 1. The van der Waals surface area contributed by atoms with E-state index < -0.39 is 0 Å². The normalized spacial score (nSPS) is 10.7. The molecule has 84 valence electrons. The van der Waals surface area contributed by atoms with Crippen molar-refractivity contribution < 1.29 is 0 Å². The van der Waals surface area contributed by atoms with Crippen molar-refractivity contribution >= 4 is 15.9 Å². The highest BCUT2D eigenvalue weighted by Crippen LogP contribution is 2.22. The van der Waals surface area contributed by atoms with Crippen LogP contribution in [0.5, 0.6) is 0 Å². The molecular weight excluding hydrogens is 266 g/mol. The van der Waals surface area contributed by atoms with Crippen LogP contribution in [-0.4, -0.2) is 17.0 Å². The monoisotopic (exact) mass is 279 g/mol. The Morgan fingerprint density at radius 3 is 2.62 bits per heavy atom. The number of aromatic nitrogens is 2. The molecule has 2 rings (SSSR count). The molecular formula is C12H14BrN3. The molecule has 2 aromatic rings. The summed E-state index contributed by atoms with van der Waals surface area (Å²) >= 11 is 3.43. The van der Waals surface area contributed by atoms with Crippen molar-refractivity contribution in [1.82, 2.24) is 15.3 Å². The summed E-state index contributed by atoms with van der Waals surface area (Å²) in [4.78, 5) is 7.84. The van der Waals surface area contributed by atoms with Crippen LogP contribution in [0, 0.1) is 6.92 Å². The molecule has 0 radical (unpaired) electrons. The first kappa shape index (κ1) is 11.4. The molecule has 0 aliphatic heterocycles. The Kier molecular flexibility index (Phi) is 3.41. The summed E-state index contributed by atoms with van der Waals surface area (Å²) in [7, 11) is 1.91. The molecule has 4 heteroatoms. The number of halogens is 1. The summed E-state index contributed by atoms with van der Waals surface area (Å²) in [5.74, 6) is 0.970. The van der Waals surface area contributed by atoms with E-state index in [1.807, 2.05) is 26.1 Å². The van der Waals surface area contributed by atoms with E-state index in [4.69, 9.17) is 0 Å². The van der Waals surface area contributed by atoms with Gasteiger partial charge < -0.3 is 10.3 Å². The molecule has 0 amide bonds. The number of aromatic amines is 1. The molecule has 0 atom stereocenters. The lowest BCUT2D eigenvalue weighted by atomic mass is 10.1. The van der Waals surface area contributed by atoms with Gasteiger partial charge in [0.1, 0.15) is 5.82 Å². The van der Waals surface area contributed by atoms with Gasteiger partial charge in [-0.3, -0.25) is 0 Å². The summed E-state index contributed by atoms with van der Waals surface area (Å²) in [5.41, 5.74) is 3.27. The van der Waals surface area contributed by atoms with E-state index in [-0.39, 0.29) is 0 Å². The topological polar surface area (TPSA) is 40.7 Å². The lowest BCUT2D eigenvalue weighted by molar-refractivity contribution is 0.770. The van der Waals surface area contributed by atoms with Crippen LogP contribution in [0.4, 0.5) is 0 Å². The fourth-order valence-electron chi connectivity index (χ4n) is 1.66. The number of rotatable bonds is 3. The van der Waals surface area contributed by atoms with Gasteiger partial charge in [-0.2, -0.15) is 0 Å². The lowest BCUT2D eigenvalue weighted by Gasteiger charge is -1.98. The zero-order valence-electron chi connectivity index (χ0n) is 9.34. The Bertz CT molecular complexity index is 474. The Morgan fingerprint density at radius 1 is 1.31 bits per heavy atom. The van der Waals surface area contributed by atoms with Crippen molar-refractivity contribution in [3.05, 3.63) is 40.3 Å². The van der Waals surface area contributed by atoms with E-state index in [0.717, 1.165) is 33.8 Å². The maximum absolute atomic E-state index is 4.57. The van der Waals surface area contributed by atoms with Crippen LogP contribution in [0.15, 0.2) is 28.7 Å². The van der Waals surface area contributed by atoms with Gasteiger partial charge >= 0.3 is 0 Å². The maximum Gasteiger partial charge on any atom is 0.121 e. The number of imidazole rings is 1. The van der Waals surface area contributed by atoms with Crippen molar-refractivity contribution in [2.24, 2.45) is 0 Å². The second-order valence-electron chi connectivity index (χ2n) is 3.69. The highest BCUT2D eigenvalue weighted by molar-refractivity contribution is 9.10. The van der Waals surface area contributed by atoms with Gasteiger partial charge in [0.2, 0.25) is 0 Å². The van der Waals surface area contributed by atoms with Crippen LogP contribution < -0.4 is 5.32 Å². The second-order valence-corrected chi connectivity index (χ2v) is 4.61. The molecule has 0 saturated carbocycles. The van der Waals surface area contributed by atoms with Gasteiger partial charge in [0.15, 0.2) is 0 Å². The van der Waals surface area contributed by atoms with E-state index in [1.165, 1.54) is 0 Å². The number of hydrogen-bond acceptors (Lipinski definition) is 2. The molecule has 0 bridgehead atoms. The van der Waals surface area contributed by atoms with Gasteiger partial charge in [-0.15, -0.1) is 0 Å².